The minimum absolute atomic E-state index is 0.127. The van der Waals surface area contributed by atoms with Gasteiger partial charge in [0, 0.05) is 18.0 Å². The molecule has 0 radical (unpaired) electrons. The average Bonchev–Trinajstić information content (AvgIpc) is 3.17. The van der Waals surface area contributed by atoms with Crippen molar-refractivity contribution in [3.63, 3.8) is 0 Å². The fourth-order valence-corrected chi connectivity index (χ4v) is 6.11. The van der Waals surface area contributed by atoms with Gasteiger partial charge >= 0.3 is 0 Å². The zero-order chi connectivity index (χ0) is 20.0. The van der Waals surface area contributed by atoms with Crippen LogP contribution in [0.25, 0.3) is 0 Å². The maximum absolute atomic E-state index is 12.7. The minimum atomic E-state index is -3.45. The van der Waals surface area contributed by atoms with Crippen molar-refractivity contribution in [3.8, 4) is 5.75 Å². The highest BCUT2D eigenvalue weighted by atomic mass is 32.2. The van der Waals surface area contributed by atoms with E-state index in [1.165, 1.54) is 11.3 Å². The van der Waals surface area contributed by atoms with Gasteiger partial charge in [0.2, 0.25) is 5.91 Å². The van der Waals surface area contributed by atoms with E-state index in [1.807, 2.05) is 25.1 Å². The van der Waals surface area contributed by atoms with Crippen molar-refractivity contribution in [1.82, 2.24) is 4.31 Å². The molecule has 2 heterocycles. The van der Waals surface area contributed by atoms with Crippen molar-refractivity contribution in [2.24, 2.45) is 0 Å². The molecule has 1 saturated heterocycles. The first kappa shape index (κ1) is 20.8. The highest BCUT2D eigenvalue weighted by Gasteiger charge is 2.27. The Balaban J connectivity index is 1.64. The normalized spacial score (nSPS) is 15.3. The van der Waals surface area contributed by atoms with Crippen LogP contribution in [0.3, 0.4) is 0 Å². The van der Waals surface area contributed by atoms with Crippen molar-refractivity contribution in [1.29, 1.82) is 0 Å². The molecule has 1 amide bonds. The minimum Gasteiger partial charge on any atom is -0.491 e. The van der Waals surface area contributed by atoms with E-state index in [-0.39, 0.29) is 12.3 Å². The molecule has 2 aromatic rings. The summed E-state index contributed by atoms with van der Waals surface area (Å²) in [6.45, 7) is 3.75. The van der Waals surface area contributed by atoms with Crippen LogP contribution in [0.1, 0.15) is 37.5 Å². The van der Waals surface area contributed by atoms with Crippen LogP contribution in [-0.4, -0.2) is 38.3 Å². The van der Waals surface area contributed by atoms with Gasteiger partial charge in [0.15, 0.2) is 0 Å². The number of anilines is 1. The monoisotopic (exact) mass is 422 g/mol. The topological polar surface area (TPSA) is 75.7 Å². The maximum atomic E-state index is 12.7. The summed E-state index contributed by atoms with van der Waals surface area (Å²) in [5.74, 6) is 0.438. The molecule has 152 valence electrons. The van der Waals surface area contributed by atoms with E-state index >= 15 is 0 Å². The summed E-state index contributed by atoms with van der Waals surface area (Å²) in [5.41, 5.74) is 0.624. The molecular formula is C20H26N2O4S2. The number of benzene rings is 1. The number of hydrogen-bond acceptors (Lipinski definition) is 5. The highest BCUT2D eigenvalue weighted by molar-refractivity contribution is 7.91. The Kier molecular flexibility index (Phi) is 7.09. The van der Waals surface area contributed by atoms with Gasteiger partial charge in [0.25, 0.3) is 10.0 Å². The second kappa shape index (κ2) is 9.54. The number of rotatable bonds is 8. The number of ether oxygens (including phenoxy) is 1. The molecule has 0 unspecified atom stereocenters. The number of nitrogens with zero attached hydrogens (tertiary/aromatic N) is 1. The number of sulfonamides is 1. The number of piperidine rings is 1. The smallest absolute Gasteiger partial charge is 0.252 e. The lowest BCUT2D eigenvalue weighted by Gasteiger charge is -2.25. The maximum Gasteiger partial charge on any atom is 0.252 e. The van der Waals surface area contributed by atoms with Crippen LogP contribution in [0, 0.1) is 0 Å². The molecule has 0 aliphatic carbocycles. The molecule has 0 atom stereocenters. The van der Waals surface area contributed by atoms with Crippen LogP contribution in [0.2, 0.25) is 0 Å². The van der Waals surface area contributed by atoms with Gasteiger partial charge < -0.3 is 10.1 Å². The zero-order valence-electron chi connectivity index (χ0n) is 16.0. The lowest BCUT2D eigenvalue weighted by Crippen LogP contribution is -2.35. The number of carbonyl (C=O) groups is 1. The molecule has 6 nitrogen and oxygen atoms in total. The van der Waals surface area contributed by atoms with Gasteiger partial charge in [-0.05, 0) is 43.5 Å². The second-order valence-electron chi connectivity index (χ2n) is 6.76. The Bertz CT molecular complexity index is 902. The van der Waals surface area contributed by atoms with Crippen molar-refractivity contribution >= 4 is 33.0 Å². The van der Waals surface area contributed by atoms with Crippen LogP contribution in [0.15, 0.2) is 40.6 Å². The van der Waals surface area contributed by atoms with Crippen LogP contribution >= 0.6 is 11.3 Å². The zero-order valence-corrected chi connectivity index (χ0v) is 17.7. The highest BCUT2D eigenvalue weighted by Crippen LogP contribution is 2.28. The number of hydrogen-bond donors (Lipinski definition) is 1. The molecule has 8 heteroatoms. The van der Waals surface area contributed by atoms with Crippen LogP contribution < -0.4 is 10.1 Å². The number of para-hydroxylation sites is 2. The van der Waals surface area contributed by atoms with Gasteiger partial charge in [-0.1, -0.05) is 25.5 Å². The van der Waals surface area contributed by atoms with Crippen molar-refractivity contribution in [2.75, 3.05) is 25.0 Å². The molecule has 1 aromatic carbocycles. The number of amides is 1. The fraction of sp³-hybridized carbons (Fsp3) is 0.450. The number of thiophene rings is 1. The van der Waals surface area contributed by atoms with Gasteiger partial charge in [-0.15, -0.1) is 11.3 Å². The molecular weight excluding hydrogens is 396 g/mol. The van der Waals surface area contributed by atoms with E-state index in [1.54, 1.807) is 22.5 Å². The molecule has 28 heavy (non-hydrogen) atoms. The molecule has 0 spiro atoms. The summed E-state index contributed by atoms with van der Waals surface area (Å²) in [7, 11) is -3.45. The first-order valence-electron chi connectivity index (χ1n) is 9.61. The Hall–Kier alpha value is -1.90. The summed E-state index contributed by atoms with van der Waals surface area (Å²) in [6, 6.07) is 10.6. The van der Waals surface area contributed by atoms with Crippen LogP contribution in [0.5, 0.6) is 5.75 Å². The molecule has 1 fully saturated rings. The third kappa shape index (κ3) is 5.12. The van der Waals surface area contributed by atoms with E-state index in [2.05, 4.69) is 5.32 Å². The quantitative estimate of drug-likeness (QED) is 0.700. The largest absolute Gasteiger partial charge is 0.491 e. The third-order valence-corrected chi connectivity index (χ3v) is 7.96. The molecule has 1 N–H and O–H groups in total. The summed E-state index contributed by atoms with van der Waals surface area (Å²) in [4.78, 5) is 13.2. The second-order valence-corrected chi connectivity index (χ2v) is 10.1. The van der Waals surface area contributed by atoms with Gasteiger partial charge in [-0.25, -0.2) is 8.42 Å². The van der Waals surface area contributed by atoms with Crippen molar-refractivity contribution in [2.45, 2.75) is 43.2 Å². The summed E-state index contributed by atoms with van der Waals surface area (Å²) < 4.78 is 33.0. The number of nitrogens with one attached hydrogen (secondary N) is 1. The molecule has 1 aliphatic rings. The predicted octanol–water partition coefficient (Wildman–Crippen LogP) is 3.89. The van der Waals surface area contributed by atoms with Crippen molar-refractivity contribution in [3.05, 3.63) is 41.3 Å². The Morgan fingerprint density at radius 1 is 1.14 bits per heavy atom. The van der Waals surface area contributed by atoms with E-state index < -0.39 is 10.0 Å². The van der Waals surface area contributed by atoms with Gasteiger partial charge in [-0.3, -0.25) is 4.79 Å². The number of carbonyl (C=O) groups excluding carboxylic acids is 1. The Morgan fingerprint density at radius 3 is 2.64 bits per heavy atom. The SMILES string of the molecule is CCCOc1ccccc1NC(=O)Cc1ccc(S(=O)(=O)N2CCCCC2)s1. The first-order valence-corrected chi connectivity index (χ1v) is 11.9. The molecule has 0 saturated carbocycles. The molecule has 1 aliphatic heterocycles. The summed E-state index contributed by atoms with van der Waals surface area (Å²) in [6.07, 6.45) is 3.89. The lowest BCUT2D eigenvalue weighted by atomic mass is 10.2. The van der Waals surface area contributed by atoms with E-state index in [0.717, 1.165) is 30.6 Å². The average molecular weight is 423 g/mol. The Labute approximate surface area is 170 Å². The summed E-state index contributed by atoms with van der Waals surface area (Å²) >= 11 is 1.17. The van der Waals surface area contributed by atoms with Gasteiger partial charge in [0.1, 0.15) is 9.96 Å². The lowest BCUT2D eigenvalue weighted by molar-refractivity contribution is -0.115. The van der Waals surface area contributed by atoms with E-state index in [0.29, 0.717) is 35.3 Å². The van der Waals surface area contributed by atoms with E-state index in [9.17, 15) is 13.2 Å². The van der Waals surface area contributed by atoms with Crippen molar-refractivity contribution < 1.29 is 17.9 Å². The third-order valence-electron chi connectivity index (χ3n) is 4.50. The summed E-state index contributed by atoms with van der Waals surface area (Å²) in [5, 5.41) is 2.86. The first-order chi connectivity index (χ1) is 13.5. The van der Waals surface area contributed by atoms with Crippen LogP contribution in [-0.2, 0) is 21.2 Å². The molecule has 0 bridgehead atoms. The molecule has 3 rings (SSSR count). The Morgan fingerprint density at radius 2 is 1.89 bits per heavy atom. The fourth-order valence-electron chi connectivity index (χ4n) is 3.08. The van der Waals surface area contributed by atoms with Crippen LogP contribution in [0.4, 0.5) is 5.69 Å². The van der Waals surface area contributed by atoms with Gasteiger partial charge in [0.05, 0.1) is 18.7 Å². The standard InChI is InChI=1S/C20H26N2O4S2/c1-2-14-26-18-9-5-4-8-17(18)21-19(23)15-16-10-11-20(27-16)28(24,25)22-12-6-3-7-13-22/h4-5,8-11H,2-3,6-7,12-15H2,1H3,(H,21,23). The van der Waals surface area contributed by atoms with Gasteiger partial charge in [-0.2, -0.15) is 4.31 Å². The van der Waals surface area contributed by atoms with E-state index in [4.69, 9.17) is 4.74 Å². The predicted molar refractivity (Wildman–Crippen MR) is 111 cm³/mol. The molecule has 1 aromatic heterocycles.